The van der Waals surface area contributed by atoms with Crippen LogP contribution in [0.25, 0.3) is 16.7 Å². The van der Waals surface area contributed by atoms with Gasteiger partial charge >= 0.3 is 0 Å². The van der Waals surface area contributed by atoms with Crippen LogP contribution in [-0.2, 0) is 16.6 Å². The SMILES string of the molecule is Cc1nc2c(CS(=O)c3nc4ccccc4[nH]3)cccn2c1C. The Kier molecular flexibility index (Phi) is 3.27. The Hall–Kier alpha value is -2.47. The maximum absolute atomic E-state index is 12.7. The average molecular weight is 324 g/mol. The molecule has 4 rings (SSSR count). The van der Waals surface area contributed by atoms with Gasteiger partial charge in [0.1, 0.15) is 5.65 Å². The van der Waals surface area contributed by atoms with Crippen LogP contribution >= 0.6 is 0 Å². The highest BCUT2D eigenvalue weighted by atomic mass is 32.2. The lowest BCUT2D eigenvalue weighted by Gasteiger charge is -2.03. The van der Waals surface area contributed by atoms with Crippen molar-refractivity contribution in [3.63, 3.8) is 0 Å². The van der Waals surface area contributed by atoms with Crippen molar-refractivity contribution < 1.29 is 4.21 Å². The van der Waals surface area contributed by atoms with E-state index in [1.165, 1.54) is 0 Å². The number of hydrogen-bond acceptors (Lipinski definition) is 3. The van der Waals surface area contributed by atoms with Crippen molar-refractivity contribution in [2.24, 2.45) is 0 Å². The summed E-state index contributed by atoms with van der Waals surface area (Å²) in [6.07, 6.45) is 1.98. The number of benzene rings is 1. The van der Waals surface area contributed by atoms with Crippen molar-refractivity contribution in [1.82, 2.24) is 19.4 Å². The standard InChI is InChI=1S/C17H16N4OS/c1-11-12(2)21-9-5-6-13(16(21)18-11)10-23(22)17-19-14-7-3-4-8-15(14)20-17/h3-9H,10H2,1-2H3,(H,19,20). The van der Waals surface area contributed by atoms with E-state index < -0.39 is 10.8 Å². The van der Waals surface area contributed by atoms with Gasteiger partial charge in [-0.05, 0) is 32.0 Å². The number of nitrogens with one attached hydrogen (secondary N) is 1. The van der Waals surface area contributed by atoms with Crippen molar-refractivity contribution in [2.45, 2.75) is 24.8 Å². The first-order valence-corrected chi connectivity index (χ1v) is 8.71. The molecule has 0 spiro atoms. The lowest BCUT2D eigenvalue weighted by Crippen LogP contribution is -2.01. The zero-order chi connectivity index (χ0) is 16.0. The van der Waals surface area contributed by atoms with Gasteiger partial charge < -0.3 is 9.38 Å². The fourth-order valence-corrected chi connectivity index (χ4v) is 3.78. The molecule has 0 aliphatic carbocycles. The van der Waals surface area contributed by atoms with Gasteiger partial charge in [-0.1, -0.05) is 18.2 Å². The summed E-state index contributed by atoms with van der Waals surface area (Å²) in [7, 11) is -1.24. The molecule has 0 aliphatic heterocycles. The van der Waals surface area contributed by atoms with Gasteiger partial charge in [-0.15, -0.1) is 0 Å². The molecule has 0 saturated heterocycles. The van der Waals surface area contributed by atoms with Crippen LogP contribution in [0.5, 0.6) is 0 Å². The van der Waals surface area contributed by atoms with Crippen molar-refractivity contribution in [1.29, 1.82) is 0 Å². The number of nitrogens with zero attached hydrogens (tertiary/aromatic N) is 3. The number of H-pyrrole nitrogens is 1. The first kappa shape index (κ1) is 14.1. The predicted molar refractivity (Wildman–Crippen MR) is 90.9 cm³/mol. The minimum atomic E-state index is -1.24. The normalized spacial score (nSPS) is 13.0. The molecule has 6 heteroatoms. The van der Waals surface area contributed by atoms with E-state index in [0.717, 1.165) is 33.6 Å². The largest absolute Gasteiger partial charge is 0.331 e. The summed E-state index contributed by atoms with van der Waals surface area (Å²) in [5.41, 5.74) is 5.67. The maximum Gasteiger partial charge on any atom is 0.197 e. The Balaban J connectivity index is 1.72. The summed E-state index contributed by atoms with van der Waals surface area (Å²) < 4.78 is 14.7. The van der Waals surface area contributed by atoms with Crippen molar-refractivity contribution >= 4 is 27.5 Å². The van der Waals surface area contributed by atoms with E-state index in [1.54, 1.807) is 0 Å². The molecular formula is C17H16N4OS. The van der Waals surface area contributed by atoms with Crippen molar-refractivity contribution in [3.8, 4) is 0 Å². The molecule has 3 aromatic heterocycles. The van der Waals surface area contributed by atoms with Crippen LogP contribution in [0.4, 0.5) is 0 Å². The van der Waals surface area contributed by atoms with Gasteiger partial charge in [0.05, 0.1) is 33.3 Å². The van der Waals surface area contributed by atoms with Gasteiger partial charge in [-0.2, -0.15) is 0 Å². The zero-order valence-electron chi connectivity index (χ0n) is 12.9. The van der Waals surface area contributed by atoms with Gasteiger partial charge in [-0.25, -0.2) is 9.97 Å². The molecule has 0 bridgehead atoms. The average Bonchev–Trinajstić information content (AvgIpc) is 3.11. The second-order valence-electron chi connectivity index (χ2n) is 5.56. The quantitative estimate of drug-likeness (QED) is 0.630. The molecule has 0 fully saturated rings. The van der Waals surface area contributed by atoms with Crippen LogP contribution < -0.4 is 0 Å². The third kappa shape index (κ3) is 2.35. The maximum atomic E-state index is 12.7. The van der Waals surface area contributed by atoms with Crippen molar-refractivity contribution in [2.75, 3.05) is 0 Å². The summed E-state index contributed by atoms with van der Waals surface area (Å²) in [5, 5.41) is 0.508. The Bertz CT molecular complexity index is 1010. The molecule has 0 aliphatic rings. The number of rotatable bonds is 3. The Morgan fingerprint density at radius 3 is 2.78 bits per heavy atom. The van der Waals surface area contributed by atoms with E-state index in [-0.39, 0.29) is 0 Å². The smallest absolute Gasteiger partial charge is 0.197 e. The lowest BCUT2D eigenvalue weighted by molar-refractivity contribution is 0.677. The Morgan fingerprint density at radius 2 is 1.96 bits per heavy atom. The fraction of sp³-hybridized carbons (Fsp3) is 0.176. The molecule has 3 heterocycles. The second kappa shape index (κ2) is 5.31. The Morgan fingerprint density at radius 1 is 1.13 bits per heavy atom. The molecule has 0 radical (unpaired) electrons. The van der Waals surface area contributed by atoms with E-state index in [2.05, 4.69) is 15.0 Å². The minimum absolute atomic E-state index is 0.389. The van der Waals surface area contributed by atoms with E-state index in [0.29, 0.717) is 10.9 Å². The van der Waals surface area contributed by atoms with Crippen LogP contribution in [0.15, 0.2) is 47.8 Å². The molecule has 4 aromatic rings. The summed E-state index contributed by atoms with van der Waals surface area (Å²) in [6, 6.07) is 11.6. The molecule has 0 saturated carbocycles. The number of hydrogen-bond donors (Lipinski definition) is 1. The van der Waals surface area contributed by atoms with Crippen LogP contribution in [0.1, 0.15) is 17.0 Å². The monoisotopic (exact) mass is 324 g/mol. The van der Waals surface area contributed by atoms with Crippen LogP contribution in [0.2, 0.25) is 0 Å². The van der Waals surface area contributed by atoms with E-state index in [1.807, 2.05) is 60.8 Å². The first-order chi connectivity index (χ1) is 11.1. The summed E-state index contributed by atoms with van der Waals surface area (Å²) in [5.74, 6) is 0.389. The number of aromatic nitrogens is 4. The summed E-state index contributed by atoms with van der Waals surface area (Å²) >= 11 is 0. The topological polar surface area (TPSA) is 63.0 Å². The molecule has 1 unspecified atom stereocenters. The van der Waals surface area contributed by atoms with E-state index in [4.69, 9.17) is 0 Å². The molecule has 1 atom stereocenters. The van der Waals surface area contributed by atoms with Crippen LogP contribution in [0, 0.1) is 13.8 Å². The van der Waals surface area contributed by atoms with Gasteiger partial charge in [0.25, 0.3) is 0 Å². The highest BCUT2D eigenvalue weighted by molar-refractivity contribution is 7.84. The van der Waals surface area contributed by atoms with E-state index in [9.17, 15) is 4.21 Å². The molecule has 23 heavy (non-hydrogen) atoms. The number of aryl methyl sites for hydroxylation is 2. The van der Waals surface area contributed by atoms with E-state index >= 15 is 0 Å². The molecule has 0 amide bonds. The third-order valence-corrected chi connectivity index (χ3v) is 5.27. The third-order valence-electron chi connectivity index (χ3n) is 4.08. The number of fused-ring (bicyclic) bond motifs is 2. The van der Waals surface area contributed by atoms with Gasteiger partial charge in [0.15, 0.2) is 5.16 Å². The van der Waals surface area contributed by atoms with Crippen LogP contribution in [-0.4, -0.2) is 23.6 Å². The Labute approximate surface area is 135 Å². The lowest BCUT2D eigenvalue weighted by atomic mass is 10.3. The minimum Gasteiger partial charge on any atom is -0.331 e. The molecule has 116 valence electrons. The second-order valence-corrected chi connectivity index (χ2v) is 6.93. The summed E-state index contributed by atoms with van der Waals surface area (Å²) in [6.45, 7) is 4.03. The molecule has 1 aromatic carbocycles. The molecule has 5 nitrogen and oxygen atoms in total. The number of imidazole rings is 2. The number of para-hydroxylation sites is 2. The highest BCUT2D eigenvalue weighted by Gasteiger charge is 2.14. The molecule has 1 N–H and O–H groups in total. The number of aromatic amines is 1. The van der Waals surface area contributed by atoms with Gasteiger partial charge in [0.2, 0.25) is 0 Å². The zero-order valence-corrected chi connectivity index (χ0v) is 13.7. The highest BCUT2D eigenvalue weighted by Crippen LogP contribution is 2.19. The van der Waals surface area contributed by atoms with Crippen LogP contribution in [0.3, 0.4) is 0 Å². The number of pyridine rings is 1. The molecular weight excluding hydrogens is 308 g/mol. The van der Waals surface area contributed by atoms with Crippen molar-refractivity contribution in [3.05, 3.63) is 59.5 Å². The van der Waals surface area contributed by atoms with Gasteiger partial charge in [-0.3, -0.25) is 4.21 Å². The summed E-state index contributed by atoms with van der Waals surface area (Å²) in [4.78, 5) is 12.2. The van der Waals surface area contributed by atoms with Gasteiger partial charge in [0, 0.05) is 17.5 Å². The predicted octanol–water partition coefficient (Wildman–Crippen LogP) is 3.14. The fourth-order valence-electron chi connectivity index (χ4n) is 2.71. The first-order valence-electron chi connectivity index (χ1n) is 7.40.